The average Bonchev–Trinajstić information content (AvgIpc) is 2.94. The van der Waals surface area contributed by atoms with Crippen LogP contribution in [-0.4, -0.2) is 34.9 Å². The van der Waals surface area contributed by atoms with Crippen molar-refractivity contribution in [3.05, 3.63) is 29.8 Å². The van der Waals surface area contributed by atoms with Crippen LogP contribution in [0.5, 0.6) is 0 Å². The topological polar surface area (TPSA) is 97.1 Å². The summed E-state index contributed by atoms with van der Waals surface area (Å²) in [5.74, 6) is -0.0136. The van der Waals surface area contributed by atoms with E-state index in [4.69, 9.17) is 4.42 Å². The summed E-state index contributed by atoms with van der Waals surface area (Å²) >= 11 is 1.07. The van der Waals surface area contributed by atoms with Crippen molar-refractivity contribution in [2.75, 3.05) is 12.8 Å². The van der Waals surface area contributed by atoms with E-state index < -0.39 is 11.9 Å². The van der Waals surface area contributed by atoms with Crippen molar-refractivity contribution in [2.24, 2.45) is 0 Å². The fraction of sp³-hybridized carbons (Fsp3) is 0.231. The number of amides is 3. The number of urea groups is 1. The molecule has 0 aliphatic carbocycles. The number of nitrogens with zero attached hydrogens (tertiary/aromatic N) is 2. The number of aryl methyl sites for hydroxylation is 1. The SMILES string of the molecule is CNC(=O)NC(=O)CSc1nnc(-c2ccccc2C)o1. The highest BCUT2D eigenvalue weighted by atomic mass is 32.2. The van der Waals surface area contributed by atoms with Gasteiger partial charge < -0.3 is 9.73 Å². The second kappa shape index (κ2) is 6.89. The molecular formula is C13H14N4O3S. The van der Waals surface area contributed by atoms with Crippen LogP contribution in [0.1, 0.15) is 5.56 Å². The molecule has 0 radical (unpaired) electrons. The number of hydrogen-bond acceptors (Lipinski definition) is 6. The lowest BCUT2D eigenvalue weighted by Gasteiger charge is -2.01. The monoisotopic (exact) mass is 306 g/mol. The molecule has 2 rings (SSSR count). The van der Waals surface area contributed by atoms with Crippen molar-refractivity contribution in [3.63, 3.8) is 0 Å². The molecule has 0 unspecified atom stereocenters. The van der Waals surface area contributed by atoms with Crippen LogP contribution in [0.4, 0.5) is 4.79 Å². The summed E-state index contributed by atoms with van der Waals surface area (Å²) in [4.78, 5) is 22.4. The zero-order chi connectivity index (χ0) is 15.2. The molecule has 0 spiro atoms. The Balaban J connectivity index is 1.97. The van der Waals surface area contributed by atoms with E-state index in [1.54, 1.807) is 0 Å². The number of rotatable bonds is 4. The Kier molecular flexibility index (Phi) is 4.94. The Morgan fingerprint density at radius 3 is 2.76 bits per heavy atom. The second-order valence-electron chi connectivity index (χ2n) is 4.10. The van der Waals surface area contributed by atoms with Gasteiger partial charge in [-0.1, -0.05) is 30.0 Å². The number of carbonyl (C=O) groups is 2. The maximum Gasteiger partial charge on any atom is 0.321 e. The fourth-order valence-corrected chi connectivity index (χ4v) is 2.11. The largest absolute Gasteiger partial charge is 0.411 e. The van der Waals surface area contributed by atoms with Gasteiger partial charge in [-0.2, -0.15) is 0 Å². The highest BCUT2D eigenvalue weighted by Crippen LogP contribution is 2.25. The first-order chi connectivity index (χ1) is 10.1. The molecule has 0 atom stereocenters. The first-order valence-corrected chi connectivity index (χ1v) is 7.12. The third kappa shape index (κ3) is 4.06. The van der Waals surface area contributed by atoms with Gasteiger partial charge in [0.15, 0.2) is 0 Å². The molecule has 2 N–H and O–H groups in total. The van der Waals surface area contributed by atoms with Crippen LogP contribution in [-0.2, 0) is 4.79 Å². The molecule has 0 saturated carbocycles. The Hall–Kier alpha value is -2.35. The molecule has 110 valence electrons. The minimum atomic E-state index is -0.549. The number of nitrogens with one attached hydrogen (secondary N) is 2. The van der Waals surface area contributed by atoms with Gasteiger partial charge in [0.05, 0.1) is 5.75 Å². The minimum absolute atomic E-state index is 0.0167. The van der Waals surface area contributed by atoms with Crippen molar-refractivity contribution in [1.29, 1.82) is 0 Å². The third-order valence-electron chi connectivity index (χ3n) is 2.59. The van der Waals surface area contributed by atoms with Gasteiger partial charge in [-0.25, -0.2) is 4.79 Å². The van der Waals surface area contributed by atoms with E-state index in [0.29, 0.717) is 5.89 Å². The number of imide groups is 1. The van der Waals surface area contributed by atoms with Gasteiger partial charge in [-0.15, -0.1) is 10.2 Å². The summed E-state index contributed by atoms with van der Waals surface area (Å²) < 4.78 is 5.49. The van der Waals surface area contributed by atoms with Crippen LogP contribution in [0, 0.1) is 6.92 Å². The van der Waals surface area contributed by atoms with E-state index in [1.165, 1.54) is 7.05 Å². The molecule has 0 fully saturated rings. The summed E-state index contributed by atoms with van der Waals surface area (Å²) in [6.45, 7) is 1.95. The second-order valence-corrected chi connectivity index (χ2v) is 5.03. The zero-order valence-corrected chi connectivity index (χ0v) is 12.4. The lowest BCUT2D eigenvalue weighted by molar-refractivity contribution is -0.117. The Morgan fingerprint density at radius 1 is 1.29 bits per heavy atom. The Labute approximate surface area is 125 Å². The summed E-state index contributed by atoms with van der Waals surface area (Å²) in [5.41, 5.74) is 1.88. The standard InChI is InChI=1S/C13H14N4O3S/c1-8-5-3-4-6-9(8)11-16-17-13(20-11)21-7-10(18)15-12(19)14-2/h3-6H,7H2,1-2H3,(H2,14,15,18,19). The predicted octanol–water partition coefficient (Wildman–Crippen LogP) is 1.59. The molecule has 0 bridgehead atoms. The molecular weight excluding hydrogens is 292 g/mol. The molecule has 0 saturated heterocycles. The van der Waals surface area contributed by atoms with Crippen LogP contribution in [0.15, 0.2) is 33.9 Å². The molecule has 1 heterocycles. The van der Waals surface area contributed by atoms with Crippen LogP contribution in [0.3, 0.4) is 0 Å². The van der Waals surface area contributed by atoms with Crippen molar-refractivity contribution >= 4 is 23.7 Å². The third-order valence-corrected chi connectivity index (χ3v) is 3.41. The van der Waals surface area contributed by atoms with Crippen LogP contribution >= 0.6 is 11.8 Å². The molecule has 1 aromatic carbocycles. The number of thioether (sulfide) groups is 1. The first kappa shape index (κ1) is 15.0. The maximum atomic E-state index is 11.4. The summed E-state index contributed by atoms with van der Waals surface area (Å²) in [6.07, 6.45) is 0. The first-order valence-electron chi connectivity index (χ1n) is 6.14. The number of hydrogen-bond donors (Lipinski definition) is 2. The molecule has 1 aromatic heterocycles. The van der Waals surface area contributed by atoms with Gasteiger partial charge in [0.25, 0.3) is 5.22 Å². The van der Waals surface area contributed by atoms with Crippen molar-refractivity contribution in [2.45, 2.75) is 12.1 Å². The Bertz CT molecular complexity index is 656. The van der Waals surface area contributed by atoms with E-state index in [9.17, 15) is 9.59 Å². The molecule has 2 aromatic rings. The Morgan fingerprint density at radius 2 is 2.05 bits per heavy atom. The molecule has 7 nitrogen and oxygen atoms in total. The van der Waals surface area contributed by atoms with E-state index >= 15 is 0 Å². The maximum absolute atomic E-state index is 11.4. The van der Waals surface area contributed by atoms with Gasteiger partial charge in [-0.3, -0.25) is 10.1 Å². The zero-order valence-electron chi connectivity index (χ0n) is 11.5. The summed E-state index contributed by atoms with van der Waals surface area (Å²) in [7, 11) is 1.43. The average molecular weight is 306 g/mol. The highest BCUT2D eigenvalue weighted by Gasteiger charge is 2.13. The van der Waals surface area contributed by atoms with Crippen molar-refractivity contribution in [3.8, 4) is 11.5 Å². The molecule has 0 aliphatic heterocycles. The van der Waals surface area contributed by atoms with Gasteiger partial charge in [-0.05, 0) is 18.6 Å². The smallest absolute Gasteiger partial charge is 0.321 e. The number of carbonyl (C=O) groups excluding carboxylic acids is 2. The number of benzene rings is 1. The summed E-state index contributed by atoms with van der Waals surface area (Å²) in [5, 5.41) is 12.5. The van der Waals surface area contributed by atoms with Crippen LogP contribution < -0.4 is 10.6 Å². The van der Waals surface area contributed by atoms with Crippen molar-refractivity contribution in [1.82, 2.24) is 20.8 Å². The van der Waals surface area contributed by atoms with Gasteiger partial charge in [0, 0.05) is 12.6 Å². The van der Waals surface area contributed by atoms with Gasteiger partial charge >= 0.3 is 6.03 Å². The van der Waals surface area contributed by atoms with E-state index in [0.717, 1.165) is 22.9 Å². The van der Waals surface area contributed by atoms with Crippen LogP contribution in [0.2, 0.25) is 0 Å². The molecule has 8 heteroatoms. The quantitative estimate of drug-likeness (QED) is 0.833. The molecule has 3 amide bonds. The molecule has 21 heavy (non-hydrogen) atoms. The van der Waals surface area contributed by atoms with Crippen molar-refractivity contribution < 1.29 is 14.0 Å². The van der Waals surface area contributed by atoms with E-state index in [1.807, 2.05) is 31.2 Å². The van der Waals surface area contributed by atoms with E-state index in [-0.39, 0.29) is 11.0 Å². The normalized spacial score (nSPS) is 10.2. The highest BCUT2D eigenvalue weighted by molar-refractivity contribution is 7.99. The minimum Gasteiger partial charge on any atom is -0.411 e. The predicted molar refractivity (Wildman–Crippen MR) is 77.8 cm³/mol. The number of aromatic nitrogens is 2. The fourth-order valence-electron chi connectivity index (χ4n) is 1.54. The lowest BCUT2D eigenvalue weighted by atomic mass is 10.1. The van der Waals surface area contributed by atoms with E-state index in [2.05, 4.69) is 20.8 Å². The van der Waals surface area contributed by atoms with Crippen LogP contribution in [0.25, 0.3) is 11.5 Å². The molecule has 0 aliphatic rings. The lowest BCUT2D eigenvalue weighted by Crippen LogP contribution is -2.38. The van der Waals surface area contributed by atoms with Gasteiger partial charge in [0.2, 0.25) is 11.8 Å². The van der Waals surface area contributed by atoms with Gasteiger partial charge in [0.1, 0.15) is 0 Å². The summed E-state index contributed by atoms with van der Waals surface area (Å²) in [6, 6.07) is 7.09.